The van der Waals surface area contributed by atoms with Gasteiger partial charge in [0.2, 0.25) is 10.0 Å². The number of sulfonamides is 1. The zero-order valence-electron chi connectivity index (χ0n) is 10.8. The maximum atomic E-state index is 13.2. The smallest absolute Gasteiger partial charge is 0.243 e. The molecule has 0 aromatic heterocycles. The second-order valence-electron chi connectivity index (χ2n) is 4.80. The van der Waals surface area contributed by atoms with Crippen LogP contribution in [-0.2, 0) is 10.0 Å². The summed E-state index contributed by atoms with van der Waals surface area (Å²) < 4.78 is 39.8. The third kappa shape index (κ3) is 3.13. The first-order valence-corrected chi connectivity index (χ1v) is 7.97. The fourth-order valence-corrected chi connectivity index (χ4v) is 4.29. The first kappa shape index (κ1) is 14.4. The van der Waals surface area contributed by atoms with Crippen molar-refractivity contribution in [3.8, 4) is 0 Å². The number of piperidine rings is 1. The van der Waals surface area contributed by atoms with Crippen LogP contribution in [0.4, 0.5) is 4.39 Å². The quantitative estimate of drug-likeness (QED) is 0.916. The molecule has 2 N–H and O–H groups in total. The van der Waals surface area contributed by atoms with Gasteiger partial charge in [0.05, 0.1) is 4.90 Å². The van der Waals surface area contributed by atoms with Gasteiger partial charge in [-0.3, -0.25) is 0 Å². The lowest BCUT2D eigenvalue weighted by molar-refractivity contribution is 0.243. The molecule has 1 saturated heterocycles. The predicted molar refractivity (Wildman–Crippen MR) is 71.6 cm³/mol. The third-order valence-electron chi connectivity index (χ3n) is 3.48. The summed E-state index contributed by atoms with van der Waals surface area (Å²) in [5, 5.41) is 0. The molecule has 6 heteroatoms. The molecule has 2 rings (SSSR count). The Labute approximate surface area is 113 Å². The van der Waals surface area contributed by atoms with Crippen LogP contribution in [0.25, 0.3) is 0 Å². The third-order valence-corrected chi connectivity index (χ3v) is 5.42. The first-order chi connectivity index (χ1) is 9.05. The van der Waals surface area contributed by atoms with Crippen LogP contribution in [-0.4, -0.2) is 31.9 Å². The van der Waals surface area contributed by atoms with Gasteiger partial charge in [-0.2, -0.15) is 4.31 Å². The highest BCUT2D eigenvalue weighted by molar-refractivity contribution is 7.89. The number of nitrogens with zero attached hydrogens (tertiary/aromatic N) is 1. The van der Waals surface area contributed by atoms with Gasteiger partial charge in [-0.05, 0) is 44.0 Å². The van der Waals surface area contributed by atoms with Gasteiger partial charge in [-0.15, -0.1) is 0 Å². The van der Waals surface area contributed by atoms with Crippen LogP contribution in [0, 0.1) is 5.82 Å². The summed E-state index contributed by atoms with van der Waals surface area (Å²) in [6.45, 7) is 0.948. The van der Waals surface area contributed by atoms with Gasteiger partial charge in [0.15, 0.2) is 0 Å². The number of hydrogen-bond acceptors (Lipinski definition) is 3. The van der Waals surface area contributed by atoms with E-state index in [9.17, 15) is 12.8 Å². The summed E-state index contributed by atoms with van der Waals surface area (Å²) in [5.41, 5.74) is 5.55. The molecular weight excluding hydrogens is 267 g/mol. The summed E-state index contributed by atoms with van der Waals surface area (Å²) >= 11 is 0. The minimum Gasteiger partial charge on any atom is -0.330 e. The van der Waals surface area contributed by atoms with Crippen LogP contribution in [0.2, 0.25) is 0 Å². The summed E-state index contributed by atoms with van der Waals surface area (Å²) in [6, 6.07) is 5.11. The van der Waals surface area contributed by atoms with Crippen molar-refractivity contribution in [2.45, 2.75) is 36.6 Å². The van der Waals surface area contributed by atoms with E-state index in [4.69, 9.17) is 5.73 Å². The van der Waals surface area contributed by atoms with Crippen LogP contribution in [0.5, 0.6) is 0 Å². The van der Waals surface area contributed by atoms with Gasteiger partial charge in [0.25, 0.3) is 0 Å². The van der Waals surface area contributed by atoms with Crippen molar-refractivity contribution in [2.24, 2.45) is 5.73 Å². The van der Waals surface area contributed by atoms with Gasteiger partial charge in [-0.25, -0.2) is 12.8 Å². The number of hydrogen-bond donors (Lipinski definition) is 1. The van der Waals surface area contributed by atoms with Crippen molar-refractivity contribution < 1.29 is 12.8 Å². The Hall–Kier alpha value is -0.980. The zero-order valence-corrected chi connectivity index (χ0v) is 11.6. The molecule has 1 heterocycles. The molecule has 106 valence electrons. The highest BCUT2D eigenvalue weighted by Crippen LogP contribution is 2.27. The number of rotatable bonds is 4. The molecule has 1 unspecified atom stereocenters. The zero-order chi connectivity index (χ0) is 13.9. The molecule has 4 nitrogen and oxygen atoms in total. The van der Waals surface area contributed by atoms with E-state index in [1.807, 2.05) is 0 Å². The van der Waals surface area contributed by atoms with E-state index in [0.29, 0.717) is 19.5 Å². The standard InChI is InChI=1S/C13H19FN2O2S/c14-11-4-3-6-13(10-11)19(17,18)16-9-2-1-5-12(16)7-8-15/h3-4,6,10,12H,1-2,5,7-9,15H2. The van der Waals surface area contributed by atoms with E-state index in [1.54, 1.807) is 0 Å². The average molecular weight is 286 g/mol. The van der Waals surface area contributed by atoms with E-state index in [1.165, 1.54) is 22.5 Å². The van der Waals surface area contributed by atoms with Gasteiger partial charge in [-0.1, -0.05) is 12.5 Å². The molecule has 0 spiro atoms. The Kier molecular flexibility index (Phi) is 4.54. The minimum absolute atomic E-state index is 0.0245. The summed E-state index contributed by atoms with van der Waals surface area (Å²) in [4.78, 5) is 0.0245. The Bertz CT molecular complexity index is 531. The molecule has 1 fully saturated rings. The fraction of sp³-hybridized carbons (Fsp3) is 0.538. The van der Waals surface area contributed by atoms with Crippen molar-refractivity contribution in [1.82, 2.24) is 4.31 Å². The molecule has 0 radical (unpaired) electrons. The van der Waals surface area contributed by atoms with E-state index < -0.39 is 15.8 Å². The second kappa shape index (κ2) is 5.98. The summed E-state index contributed by atoms with van der Waals surface area (Å²) in [7, 11) is -3.62. The van der Waals surface area contributed by atoms with Crippen LogP contribution in [0.15, 0.2) is 29.2 Å². The Morgan fingerprint density at radius 2 is 2.16 bits per heavy atom. The maximum absolute atomic E-state index is 13.2. The SMILES string of the molecule is NCCC1CCCCN1S(=O)(=O)c1cccc(F)c1. The molecule has 1 atom stereocenters. The lowest BCUT2D eigenvalue weighted by Crippen LogP contribution is -2.44. The molecular formula is C13H19FN2O2S. The largest absolute Gasteiger partial charge is 0.330 e. The molecule has 0 saturated carbocycles. The van der Waals surface area contributed by atoms with Gasteiger partial charge in [0.1, 0.15) is 5.82 Å². The molecule has 1 aromatic carbocycles. The fourth-order valence-electron chi connectivity index (χ4n) is 2.53. The molecule has 0 amide bonds. The molecule has 1 aliphatic rings. The highest BCUT2D eigenvalue weighted by Gasteiger charge is 2.32. The van der Waals surface area contributed by atoms with Crippen molar-refractivity contribution in [3.05, 3.63) is 30.1 Å². The van der Waals surface area contributed by atoms with Crippen molar-refractivity contribution in [1.29, 1.82) is 0 Å². The minimum atomic E-state index is -3.62. The highest BCUT2D eigenvalue weighted by atomic mass is 32.2. The van der Waals surface area contributed by atoms with Gasteiger partial charge < -0.3 is 5.73 Å². The average Bonchev–Trinajstić information content (AvgIpc) is 2.39. The van der Waals surface area contributed by atoms with Crippen LogP contribution in [0.1, 0.15) is 25.7 Å². The number of halogens is 1. The van der Waals surface area contributed by atoms with Crippen LogP contribution >= 0.6 is 0 Å². The van der Waals surface area contributed by atoms with Crippen LogP contribution in [0.3, 0.4) is 0 Å². The summed E-state index contributed by atoms with van der Waals surface area (Å²) in [6.07, 6.45) is 3.33. The molecule has 0 aliphatic carbocycles. The molecule has 1 aromatic rings. The molecule has 1 aliphatic heterocycles. The predicted octanol–water partition coefficient (Wildman–Crippen LogP) is 1.72. The van der Waals surface area contributed by atoms with E-state index in [-0.39, 0.29) is 10.9 Å². The first-order valence-electron chi connectivity index (χ1n) is 6.53. The Morgan fingerprint density at radius 1 is 1.37 bits per heavy atom. The maximum Gasteiger partial charge on any atom is 0.243 e. The lowest BCUT2D eigenvalue weighted by atomic mass is 10.0. The number of benzene rings is 1. The topological polar surface area (TPSA) is 63.4 Å². The summed E-state index contributed by atoms with van der Waals surface area (Å²) in [5.74, 6) is -0.534. The van der Waals surface area contributed by atoms with Gasteiger partial charge in [0, 0.05) is 12.6 Å². The van der Waals surface area contributed by atoms with Crippen molar-refractivity contribution in [2.75, 3.05) is 13.1 Å². The van der Waals surface area contributed by atoms with Crippen molar-refractivity contribution in [3.63, 3.8) is 0 Å². The van der Waals surface area contributed by atoms with Crippen LogP contribution < -0.4 is 5.73 Å². The molecule has 19 heavy (non-hydrogen) atoms. The lowest BCUT2D eigenvalue weighted by Gasteiger charge is -2.34. The normalized spacial score (nSPS) is 21.5. The van der Waals surface area contributed by atoms with Gasteiger partial charge >= 0.3 is 0 Å². The van der Waals surface area contributed by atoms with Crippen molar-refractivity contribution >= 4 is 10.0 Å². The van der Waals surface area contributed by atoms with E-state index in [2.05, 4.69) is 0 Å². The van der Waals surface area contributed by atoms with E-state index in [0.717, 1.165) is 25.3 Å². The Morgan fingerprint density at radius 3 is 2.84 bits per heavy atom. The Balaban J connectivity index is 2.31. The second-order valence-corrected chi connectivity index (χ2v) is 6.69. The van der Waals surface area contributed by atoms with E-state index >= 15 is 0 Å². The number of nitrogens with two attached hydrogens (primary N) is 1. The monoisotopic (exact) mass is 286 g/mol. The molecule has 0 bridgehead atoms.